The van der Waals surface area contributed by atoms with Gasteiger partial charge >= 0.3 is 5.63 Å². The van der Waals surface area contributed by atoms with Crippen molar-refractivity contribution in [3.05, 3.63) is 58.1 Å². The van der Waals surface area contributed by atoms with E-state index in [1.54, 1.807) is 0 Å². The van der Waals surface area contributed by atoms with Crippen molar-refractivity contribution in [1.29, 1.82) is 0 Å². The highest BCUT2D eigenvalue weighted by molar-refractivity contribution is 7.86. The van der Waals surface area contributed by atoms with Gasteiger partial charge in [-0.25, -0.2) is 4.79 Å². The monoisotopic (exact) mass is 491 g/mol. The Labute approximate surface area is 200 Å². The molecule has 0 amide bonds. The van der Waals surface area contributed by atoms with Gasteiger partial charge in [-0.15, -0.1) is 0 Å². The van der Waals surface area contributed by atoms with Crippen molar-refractivity contribution in [2.75, 3.05) is 71.4 Å². The van der Waals surface area contributed by atoms with Crippen molar-refractivity contribution in [2.45, 2.75) is 13.1 Å². The van der Waals surface area contributed by atoms with E-state index in [0.717, 1.165) is 26.2 Å². The van der Waals surface area contributed by atoms with E-state index in [-0.39, 0.29) is 17.9 Å². The Kier molecular flexibility index (Phi) is 7.58. The lowest BCUT2D eigenvalue weighted by Gasteiger charge is -2.36. The molecule has 186 valence electrons. The van der Waals surface area contributed by atoms with Gasteiger partial charge < -0.3 is 14.4 Å². The van der Waals surface area contributed by atoms with Gasteiger partial charge in [0.1, 0.15) is 12.0 Å². The lowest BCUT2D eigenvalue weighted by atomic mass is 10.1. The average Bonchev–Trinajstić information content (AvgIpc) is 2.85. The van der Waals surface area contributed by atoms with Crippen LogP contribution in [0.2, 0.25) is 0 Å². The number of hydrogen-bond acceptors (Lipinski definition) is 8. The van der Waals surface area contributed by atoms with Crippen molar-refractivity contribution < 1.29 is 17.9 Å². The number of para-hydroxylation sites is 1. The van der Waals surface area contributed by atoms with E-state index in [1.807, 2.05) is 23.1 Å². The summed E-state index contributed by atoms with van der Waals surface area (Å²) in [4.78, 5) is 18.9. The summed E-state index contributed by atoms with van der Waals surface area (Å²) in [6.07, 6.45) is 1.35. The number of aromatic hydroxyl groups is 1. The molecule has 34 heavy (non-hydrogen) atoms. The Balaban J connectivity index is 1.36. The Hall–Kier alpha value is -2.44. The predicted molar refractivity (Wildman–Crippen MR) is 130 cm³/mol. The standard InChI is InChI=1S/C23H33N5O5S/c1-24(2)34(31,32)28-14-10-26(11-15-28)17-21-22(29)19(18-33-23(21)30)16-25-8-12-27(13-9-25)20-6-4-3-5-7-20/h3-7,18,29H,8-17H2,1-2H3. The summed E-state index contributed by atoms with van der Waals surface area (Å²) in [6.45, 7) is 5.77. The Bertz CT molecular complexity index is 1120. The normalized spacial score (nSPS) is 19.1. The van der Waals surface area contributed by atoms with E-state index in [9.17, 15) is 18.3 Å². The van der Waals surface area contributed by atoms with Gasteiger partial charge in [0.25, 0.3) is 10.2 Å². The maximum atomic E-state index is 12.4. The molecule has 4 rings (SSSR count). The van der Waals surface area contributed by atoms with Crippen LogP contribution in [0.3, 0.4) is 0 Å². The molecular weight excluding hydrogens is 458 g/mol. The molecule has 2 aromatic rings. The van der Waals surface area contributed by atoms with Gasteiger partial charge in [-0.3, -0.25) is 9.80 Å². The molecule has 0 unspecified atom stereocenters. The number of rotatable bonds is 7. The van der Waals surface area contributed by atoms with Crippen molar-refractivity contribution in [3.63, 3.8) is 0 Å². The van der Waals surface area contributed by atoms with Crippen molar-refractivity contribution in [2.24, 2.45) is 0 Å². The number of benzene rings is 1. The van der Waals surface area contributed by atoms with Crippen LogP contribution in [0.15, 0.2) is 45.8 Å². The Morgan fingerprint density at radius 2 is 1.50 bits per heavy atom. The zero-order valence-corrected chi connectivity index (χ0v) is 20.6. The van der Waals surface area contributed by atoms with Gasteiger partial charge in [0.05, 0.1) is 5.56 Å². The van der Waals surface area contributed by atoms with Gasteiger partial charge in [0.15, 0.2) is 0 Å². The van der Waals surface area contributed by atoms with Crippen LogP contribution in [0.5, 0.6) is 5.75 Å². The highest BCUT2D eigenvalue weighted by Gasteiger charge is 2.29. The SMILES string of the molecule is CN(C)S(=O)(=O)N1CCN(Cc2c(O)c(CN3CCN(c4ccccc4)CC3)coc2=O)CC1. The smallest absolute Gasteiger partial charge is 0.343 e. The van der Waals surface area contributed by atoms with Crippen LogP contribution in [0.1, 0.15) is 11.1 Å². The fourth-order valence-corrected chi connectivity index (χ4v) is 5.50. The largest absolute Gasteiger partial charge is 0.507 e. The summed E-state index contributed by atoms with van der Waals surface area (Å²) >= 11 is 0. The summed E-state index contributed by atoms with van der Waals surface area (Å²) in [5, 5.41) is 10.9. The first-order valence-electron chi connectivity index (χ1n) is 11.5. The number of nitrogens with zero attached hydrogens (tertiary/aromatic N) is 5. The maximum absolute atomic E-state index is 12.4. The van der Waals surface area contributed by atoms with Crippen LogP contribution in [0, 0.1) is 0 Å². The molecular formula is C23H33N5O5S. The minimum absolute atomic E-state index is 0.0231. The molecule has 1 N–H and O–H groups in total. The minimum atomic E-state index is -3.46. The van der Waals surface area contributed by atoms with Crippen LogP contribution < -0.4 is 10.5 Å². The van der Waals surface area contributed by atoms with Crippen LogP contribution in [0.4, 0.5) is 5.69 Å². The molecule has 2 aliphatic rings. The number of piperazine rings is 2. The van der Waals surface area contributed by atoms with E-state index in [4.69, 9.17) is 4.42 Å². The molecule has 2 saturated heterocycles. The molecule has 2 fully saturated rings. The first-order chi connectivity index (χ1) is 16.3. The summed E-state index contributed by atoms with van der Waals surface area (Å²) in [5.41, 5.74) is 1.47. The number of hydrogen-bond donors (Lipinski definition) is 1. The van der Waals surface area contributed by atoms with E-state index in [1.165, 1.54) is 34.7 Å². The molecule has 1 aromatic carbocycles. The molecule has 0 saturated carbocycles. The molecule has 10 nitrogen and oxygen atoms in total. The molecule has 0 radical (unpaired) electrons. The van der Waals surface area contributed by atoms with Crippen LogP contribution in [0.25, 0.3) is 0 Å². The first-order valence-corrected chi connectivity index (χ1v) is 12.9. The zero-order valence-electron chi connectivity index (χ0n) is 19.8. The fraction of sp³-hybridized carbons (Fsp3) is 0.522. The third kappa shape index (κ3) is 5.44. The molecule has 11 heteroatoms. The second-order valence-corrected chi connectivity index (χ2v) is 11.1. The maximum Gasteiger partial charge on any atom is 0.343 e. The van der Waals surface area contributed by atoms with Crippen LogP contribution in [-0.2, 0) is 23.3 Å². The quantitative estimate of drug-likeness (QED) is 0.601. The average molecular weight is 492 g/mol. The zero-order chi connectivity index (χ0) is 24.3. The molecule has 1 aromatic heterocycles. The van der Waals surface area contributed by atoms with Crippen LogP contribution >= 0.6 is 0 Å². The van der Waals surface area contributed by atoms with Crippen LogP contribution in [-0.4, -0.2) is 98.4 Å². The Morgan fingerprint density at radius 1 is 0.912 bits per heavy atom. The van der Waals surface area contributed by atoms with Crippen molar-refractivity contribution in [1.82, 2.24) is 18.4 Å². The third-order valence-electron chi connectivity index (χ3n) is 6.53. The third-order valence-corrected chi connectivity index (χ3v) is 8.47. The molecule has 2 aliphatic heterocycles. The van der Waals surface area contributed by atoms with E-state index in [0.29, 0.717) is 38.3 Å². The summed E-state index contributed by atoms with van der Waals surface area (Å²) in [7, 11) is -0.432. The van der Waals surface area contributed by atoms with E-state index < -0.39 is 15.8 Å². The van der Waals surface area contributed by atoms with Gasteiger partial charge in [0.2, 0.25) is 0 Å². The van der Waals surface area contributed by atoms with Gasteiger partial charge in [-0.1, -0.05) is 18.2 Å². The topological polar surface area (TPSA) is 101 Å². The summed E-state index contributed by atoms with van der Waals surface area (Å²) in [5.74, 6) is -0.0231. The Morgan fingerprint density at radius 3 is 2.12 bits per heavy atom. The van der Waals surface area contributed by atoms with Crippen molar-refractivity contribution in [3.8, 4) is 5.75 Å². The molecule has 0 spiro atoms. The highest BCUT2D eigenvalue weighted by Crippen LogP contribution is 2.24. The van der Waals surface area contributed by atoms with Gasteiger partial charge in [-0.2, -0.15) is 17.0 Å². The molecule has 0 atom stereocenters. The van der Waals surface area contributed by atoms with E-state index in [2.05, 4.69) is 21.9 Å². The lowest BCUT2D eigenvalue weighted by molar-refractivity contribution is 0.173. The van der Waals surface area contributed by atoms with E-state index >= 15 is 0 Å². The predicted octanol–water partition coefficient (Wildman–Crippen LogP) is 0.592. The number of anilines is 1. The summed E-state index contributed by atoms with van der Waals surface area (Å²) in [6, 6.07) is 10.3. The van der Waals surface area contributed by atoms with Gasteiger partial charge in [-0.05, 0) is 12.1 Å². The molecule has 3 heterocycles. The summed E-state index contributed by atoms with van der Waals surface area (Å²) < 4.78 is 32.5. The van der Waals surface area contributed by atoms with Gasteiger partial charge in [0, 0.05) is 90.8 Å². The first kappa shape index (κ1) is 24.7. The molecule has 0 bridgehead atoms. The fourth-order valence-electron chi connectivity index (χ4n) is 4.41. The second-order valence-electron chi connectivity index (χ2n) is 8.94. The molecule has 0 aliphatic carbocycles. The van der Waals surface area contributed by atoms with Crippen molar-refractivity contribution >= 4 is 15.9 Å². The highest BCUT2D eigenvalue weighted by atomic mass is 32.2. The second kappa shape index (κ2) is 10.4. The lowest BCUT2D eigenvalue weighted by Crippen LogP contribution is -2.51. The minimum Gasteiger partial charge on any atom is -0.507 e.